The van der Waals surface area contributed by atoms with Crippen LogP contribution in [0.4, 0.5) is 11.4 Å². The molecule has 4 rings (SSSR count). The van der Waals surface area contributed by atoms with Gasteiger partial charge in [-0.1, -0.05) is 48.0 Å². The third-order valence-corrected chi connectivity index (χ3v) is 5.62. The van der Waals surface area contributed by atoms with Crippen molar-refractivity contribution < 1.29 is 19.1 Å². The van der Waals surface area contributed by atoms with Crippen molar-refractivity contribution in [3.8, 4) is 11.5 Å². The fourth-order valence-electron chi connectivity index (χ4n) is 3.52. The SMILES string of the molecule is COc1ccc(N2C(=O)C(Nc3ccc(C)c(Cl)c3)=C(c3ccccc3)C2=O)c(OC)c1. The second-order valence-corrected chi connectivity index (χ2v) is 7.60. The van der Waals surface area contributed by atoms with E-state index in [0.29, 0.717) is 33.5 Å². The Kier molecular flexibility index (Phi) is 5.88. The van der Waals surface area contributed by atoms with Crippen molar-refractivity contribution in [3.05, 3.63) is 88.6 Å². The Hall–Kier alpha value is -3.77. The molecule has 3 aromatic carbocycles. The van der Waals surface area contributed by atoms with Crippen molar-refractivity contribution in [1.29, 1.82) is 0 Å². The van der Waals surface area contributed by atoms with Crippen LogP contribution in [0.2, 0.25) is 5.02 Å². The first-order chi connectivity index (χ1) is 15.4. The summed E-state index contributed by atoms with van der Waals surface area (Å²) in [4.78, 5) is 28.2. The molecule has 7 heteroatoms. The minimum atomic E-state index is -0.492. The van der Waals surface area contributed by atoms with Gasteiger partial charge >= 0.3 is 0 Å². The molecule has 1 N–H and O–H groups in total. The van der Waals surface area contributed by atoms with Crippen LogP contribution in [-0.2, 0) is 9.59 Å². The molecule has 1 heterocycles. The first-order valence-electron chi connectivity index (χ1n) is 9.88. The first kappa shape index (κ1) is 21.5. The largest absolute Gasteiger partial charge is 0.497 e. The predicted octanol–water partition coefficient (Wildman–Crippen LogP) is 5.06. The fourth-order valence-corrected chi connectivity index (χ4v) is 3.70. The van der Waals surface area contributed by atoms with Gasteiger partial charge in [0.2, 0.25) is 0 Å². The second kappa shape index (κ2) is 8.77. The summed E-state index contributed by atoms with van der Waals surface area (Å²) < 4.78 is 10.7. The number of nitrogens with one attached hydrogen (secondary N) is 1. The highest BCUT2D eigenvalue weighted by atomic mass is 35.5. The maximum absolute atomic E-state index is 13.6. The molecule has 0 aliphatic carbocycles. The molecule has 3 aromatic rings. The van der Waals surface area contributed by atoms with E-state index in [1.807, 2.05) is 37.3 Å². The smallest absolute Gasteiger partial charge is 0.282 e. The fraction of sp³-hybridized carbons (Fsp3) is 0.120. The molecule has 0 aromatic heterocycles. The molecule has 0 spiro atoms. The van der Waals surface area contributed by atoms with Gasteiger partial charge in [0.25, 0.3) is 11.8 Å². The maximum atomic E-state index is 13.6. The van der Waals surface area contributed by atoms with E-state index in [2.05, 4.69) is 5.32 Å². The van der Waals surface area contributed by atoms with Gasteiger partial charge < -0.3 is 14.8 Å². The quantitative estimate of drug-likeness (QED) is 0.534. The Morgan fingerprint density at radius 1 is 0.875 bits per heavy atom. The Bertz CT molecular complexity index is 1240. The summed E-state index contributed by atoms with van der Waals surface area (Å²) >= 11 is 6.26. The molecule has 1 aliphatic heterocycles. The molecular formula is C25H21ClN2O4. The van der Waals surface area contributed by atoms with Crippen LogP contribution in [0, 0.1) is 6.92 Å². The number of methoxy groups -OCH3 is 2. The van der Waals surface area contributed by atoms with Gasteiger partial charge in [-0.15, -0.1) is 0 Å². The molecular weight excluding hydrogens is 428 g/mol. The van der Waals surface area contributed by atoms with E-state index in [9.17, 15) is 9.59 Å². The normalized spacial score (nSPS) is 13.6. The Labute approximate surface area is 191 Å². The minimum Gasteiger partial charge on any atom is -0.497 e. The van der Waals surface area contributed by atoms with E-state index in [1.165, 1.54) is 14.2 Å². The lowest BCUT2D eigenvalue weighted by molar-refractivity contribution is -0.120. The average Bonchev–Trinajstić information content (AvgIpc) is 3.05. The van der Waals surface area contributed by atoms with E-state index in [0.717, 1.165) is 10.5 Å². The lowest BCUT2D eigenvalue weighted by Gasteiger charge is -2.19. The van der Waals surface area contributed by atoms with Crippen molar-refractivity contribution in [3.63, 3.8) is 0 Å². The number of hydrogen-bond donors (Lipinski definition) is 1. The Morgan fingerprint density at radius 3 is 2.28 bits per heavy atom. The van der Waals surface area contributed by atoms with Gasteiger partial charge in [0.15, 0.2) is 0 Å². The third-order valence-electron chi connectivity index (χ3n) is 5.22. The molecule has 162 valence electrons. The van der Waals surface area contributed by atoms with E-state index >= 15 is 0 Å². The molecule has 0 saturated heterocycles. The van der Waals surface area contributed by atoms with E-state index < -0.39 is 11.8 Å². The number of aryl methyl sites for hydroxylation is 1. The topological polar surface area (TPSA) is 67.9 Å². The maximum Gasteiger partial charge on any atom is 0.282 e. The zero-order valence-electron chi connectivity index (χ0n) is 17.8. The zero-order valence-corrected chi connectivity index (χ0v) is 18.6. The van der Waals surface area contributed by atoms with Gasteiger partial charge in [-0.3, -0.25) is 9.59 Å². The van der Waals surface area contributed by atoms with Gasteiger partial charge in [0, 0.05) is 16.8 Å². The number of amides is 2. The molecule has 0 unspecified atom stereocenters. The number of carbonyl (C=O) groups is 2. The summed E-state index contributed by atoms with van der Waals surface area (Å²) in [6.07, 6.45) is 0. The van der Waals surface area contributed by atoms with Crippen LogP contribution < -0.4 is 19.7 Å². The summed E-state index contributed by atoms with van der Waals surface area (Å²) in [6, 6.07) is 19.4. The summed E-state index contributed by atoms with van der Waals surface area (Å²) in [5.74, 6) is -0.0499. The van der Waals surface area contributed by atoms with E-state index in [4.69, 9.17) is 21.1 Å². The van der Waals surface area contributed by atoms with Crippen LogP contribution in [0.25, 0.3) is 5.57 Å². The van der Waals surface area contributed by atoms with Crippen molar-refractivity contribution in [2.75, 3.05) is 24.4 Å². The van der Waals surface area contributed by atoms with Crippen molar-refractivity contribution in [2.45, 2.75) is 6.92 Å². The molecule has 6 nitrogen and oxygen atoms in total. The van der Waals surface area contributed by atoms with E-state index in [-0.39, 0.29) is 11.3 Å². The van der Waals surface area contributed by atoms with E-state index in [1.54, 1.807) is 36.4 Å². The van der Waals surface area contributed by atoms with Gasteiger partial charge in [-0.2, -0.15) is 0 Å². The summed E-state index contributed by atoms with van der Waals surface area (Å²) in [7, 11) is 3.01. The average molecular weight is 449 g/mol. The second-order valence-electron chi connectivity index (χ2n) is 7.19. The summed E-state index contributed by atoms with van der Waals surface area (Å²) in [6.45, 7) is 1.89. The lowest BCUT2D eigenvalue weighted by atomic mass is 10.0. The number of halogens is 1. The zero-order chi connectivity index (χ0) is 22.8. The molecule has 32 heavy (non-hydrogen) atoms. The molecule has 0 radical (unpaired) electrons. The summed E-state index contributed by atoms with van der Waals surface area (Å²) in [5.41, 5.74) is 2.91. The number of benzene rings is 3. The Balaban J connectivity index is 1.83. The third kappa shape index (κ3) is 3.81. The van der Waals surface area contributed by atoms with Crippen LogP contribution in [0.5, 0.6) is 11.5 Å². The number of ether oxygens (including phenoxy) is 2. The Morgan fingerprint density at radius 2 is 1.62 bits per heavy atom. The first-order valence-corrected chi connectivity index (χ1v) is 10.3. The van der Waals surface area contributed by atoms with Crippen LogP contribution in [0.1, 0.15) is 11.1 Å². The number of imide groups is 1. The van der Waals surface area contributed by atoms with Crippen molar-refractivity contribution in [1.82, 2.24) is 0 Å². The number of hydrogen-bond acceptors (Lipinski definition) is 5. The molecule has 2 amide bonds. The lowest BCUT2D eigenvalue weighted by Crippen LogP contribution is -2.32. The molecule has 1 aliphatic rings. The van der Waals surface area contributed by atoms with Crippen LogP contribution in [0.15, 0.2) is 72.4 Å². The van der Waals surface area contributed by atoms with Crippen molar-refractivity contribution in [2.24, 2.45) is 0 Å². The standard InChI is InChI=1S/C25H21ClN2O4/c1-15-9-10-17(13-19(15)26)27-23-22(16-7-5-4-6-8-16)24(29)28(25(23)30)20-12-11-18(31-2)14-21(20)32-3/h4-14,27H,1-3H3. The number of carbonyl (C=O) groups excluding carboxylic acids is 2. The molecule has 0 bridgehead atoms. The number of rotatable bonds is 6. The monoisotopic (exact) mass is 448 g/mol. The van der Waals surface area contributed by atoms with Crippen LogP contribution in [0.3, 0.4) is 0 Å². The predicted molar refractivity (Wildman–Crippen MR) is 125 cm³/mol. The number of nitrogens with zero attached hydrogens (tertiary/aromatic N) is 1. The van der Waals surface area contributed by atoms with Crippen LogP contribution in [-0.4, -0.2) is 26.0 Å². The van der Waals surface area contributed by atoms with Gasteiger partial charge in [0.05, 0.1) is 25.5 Å². The van der Waals surface area contributed by atoms with Gasteiger partial charge in [0.1, 0.15) is 17.2 Å². The van der Waals surface area contributed by atoms with Crippen molar-refractivity contribution >= 4 is 40.4 Å². The van der Waals surface area contributed by atoms with Gasteiger partial charge in [-0.25, -0.2) is 4.90 Å². The summed E-state index contributed by atoms with van der Waals surface area (Å²) in [5, 5.41) is 3.67. The minimum absolute atomic E-state index is 0.166. The molecule has 0 atom stereocenters. The number of anilines is 2. The molecule has 0 fully saturated rings. The molecule has 0 saturated carbocycles. The highest BCUT2D eigenvalue weighted by Crippen LogP contribution is 2.39. The van der Waals surface area contributed by atoms with Crippen LogP contribution >= 0.6 is 11.6 Å². The highest BCUT2D eigenvalue weighted by Gasteiger charge is 2.41. The van der Waals surface area contributed by atoms with Gasteiger partial charge in [-0.05, 0) is 42.3 Å². The highest BCUT2D eigenvalue weighted by molar-refractivity contribution is 6.46.